The van der Waals surface area contributed by atoms with Crippen LogP contribution in [0.15, 0.2) is 48.5 Å². The number of amides is 2. The van der Waals surface area contributed by atoms with Gasteiger partial charge in [0, 0.05) is 24.2 Å². The van der Waals surface area contributed by atoms with Crippen molar-refractivity contribution in [3.05, 3.63) is 59.7 Å². The van der Waals surface area contributed by atoms with E-state index < -0.39 is 5.97 Å². The SMILES string of the molecule is COc1ccc(CCC(=O)Nc2ccc(C(=O)NCCC(=O)O)cc2)cc1. The summed E-state index contributed by atoms with van der Waals surface area (Å²) in [6, 6.07) is 14.0. The molecule has 3 N–H and O–H groups in total. The zero-order chi connectivity index (χ0) is 19.6. The van der Waals surface area contributed by atoms with E-state index in [0.29, 0.717) is 24.1 Å². The molecule has 0 unspecified atom stereocenters. The maximum atomic E-state index is 12.1. The summed E-state index contributed by atoms with van der Waals surface area (Å²) in [5.41, 5.74) is 2.03. The van der Waals surface area contributed by atoms with Crippen LogP contribution in [0.4, 0.5) is 5.69 Å². The van der Waals surface area contributed by atoms with Crippen molar-refractivity contribution in [1.82, 2.24) is 5.32 Å². The summed E-state index contributed by atoms with van der Waals surface area (Å²) in [5, 5.41) is 13.9. The second-order valence-electron chi connectivity index (χ2n) is 5.87. The highest BCUT2D eigenvalue weighted by Crippen LogP contribution is 2.14. The van der Waals surface area contributed by atoms with Gasteiger partial charge in [0.1, 0.15) is 5.75 Å². The third-order valence-electron chi connectivity index (χ3n) is 3.86. The number of anilines is 1. The Morgan fingerprint density at radius 1 is 0.963 bits per heavy atom. The third kappa shape index (κ3) is 6.81. The fraction of sp³-hybridized carbons (Fsp3) is 0.250. The van der Waals surface area contributed by atoms with Gasteiger partial charge in [-0.15, -0.1) is 0 Å². The quantitative estimate of drug-likeness (QED) is 0.629. The van der Waals surface area contributed by atoms with Crippen LogP contribution in [0.2, 0.25) is 0 Å². The Kier molecular flexibility index (Phi) is 7.37. The number of rotatable bonds is 9. The Balaban J connectivity index is 1.79. The number of aliphatic carboxylic acids is 1. The topological polar surface area (TPSA) is 105 Å². The fourth-order valence-corrected chi connectivity index (χ4v) is 2.36. The molecule has 2 rings (SSSR count). The molecule has 0 aromatic heterocycles. The molecule has 2 aromatic carbocycles. The first-order valence-corrected chi connectivity index (χ1v) is 8.51. The van der Waals surface area contributed by atoms with E-state index in [4.69, 9.17) is 9.84 Å². The second kappa shape index (κ2) is 9.96. The van der Waals surface area contributed by atoms with Crippen molar-refractivity contribution in [2.45, 2.75) is 19.3 Å². The molecule has 142 valence electrons. The maximum absolute atomic E-state index is 12.1. The number of benzene rings is 2. The first-order chi connectivity index (χ1) is 13.0. The fourth-order valence-electron chi connectivity index (χ4n) is 2.36. The minimum Gasteiger partial charge on any atom is -0.497 e. The number of ether oxygens (including phenoxy) is 1. The lowest BCUT2D eigenvalue weighted by molar-refractivity contribution is -0.136. The summed E-state index contributed by atoms with van der Waals surface area (Å²) in [4.78, 5) is 34.4. The molecule has 27 heavy (non-hydrogen) atoms. The molecule has 0 aliphatic heterocycles. The van der Waals surface area contributed by atoms with Gasteiger partial charge in [-0.05, 0) is 48.4 Å². The van der Waals surface area contributed by atoms with Gasteiger partial charge in [0.05, 0.1) is 13.5 Å². The highest BCUT2D eigenvalue weighted by atomic mass is 16.5. The third-order valence-corrected chi connectivity index (χ3v) is 3.86. The molecule has 2 amide bonds. The summed E-state index contributed by atoms with van der Waals surface area (Å²) in [5.74, 6) is -0.670. The summed E-state index contributed by atoms with van der Waals surface area (Å²) in [6.07, 6.45) is 0.817. The predicted molar refractivity (Wildman–Crippen MR) is 101 cm³/mol. The number of hydrogen-bond donors (Lipinski definition) is 3. The average Bonchev–Trinajstić information content (AvgIpc) is 2.67. The van der Waals surface area contributed by atoms with E-state index in [0.717, 1.165) is 11.3 Å². The lowest BCUT2D eigenvalue weighted by atomic mass is 10.1. The number of methoxy groups -OCH3 is 1. The summed E-state index contributed by atoms with van der Waals surface area (Å²) >= 11 is 0. The molecule has 0 atom stereocenters. The molecule has 0 fully saturated rings. The lowest BCUT2D eigenvalue weighted by Gasteiger charge is -2.08. The van der Waals surface area contributed by atoms with E-state index in [1.807, 2.05) is 24.3 Å². The first kappa shape index (κ1) is 20.0. The number of carbonyl (C=O) groups is 3. The van der Waals surface area contributed by atoms with Gasteiger partial charge in [-0.25, -0.2) is 0 Å². The van der Waals surface area contributed by atoms with Crippen LogP contribution in [0, 0.1) is 0 Å². The van der Waals surface area contributed by atoms with Crippen LogP contribution < -0.4 is 15.4 Å². The van der Waals surface area contributed by atoms with Crippen molar-refractivity contribution < 1.29 is 24.2 Å². The largest absolute Gasteiger partial charge is 0.497 e. The highest BCUT2D eigenvalue weighted by Gasteiger charge is 2.08. The van der Waals surface area contributed by atoms with Gasteiger partial charge < -0.3 is 20.5 Å². The minimum atomic E-state index is -0.969. The van der Waals surface area contributed by atoms with E-state index in [2.05, 4.69) is 10.6 Å². The van der Waals surface area contributed by atoms with Gasteiger partial charge in [0.15, 0.2) is 0 Å². The Labute approximate surface area is 157 Å². The van der Waals surface area contributed by atoms with Crippen molar-refractivity contribution in [3.8, 4) is 5.75 Å². The van der Waals surface area contributed by atoms with Crippen LogP contribution >= 0.6 is 0 Å². The Hall–Kier alpha value is -3.35. The van der Waals surface area contributed by atoms with Crippen molar-refractivity contribution in [3.63, 3.8) is 0 Å². The average molecular weight is 370 g/mol. The maximum Gasteiger partial charge on any atom is 0.305 e. The first-order valence-electron chi connectivity index (χ1n) is 8.51. The zero-order valence-electron chi connectivity index (χ0n) is 15.0. The zero-order valence-corrected chi connectivity index (χ0v) is 15.0. The van der Waals surface area contributed by atoms with Gasteiger partial charge in [0.2, 0.25) is 5.91 Å². The van der Waals surface area contributed by atoms with Crippen LogP contribution in [0.3, 0.4) is 0 Å². The number of aryl methyl sites for hydroxylation is 1. The van der Waals surface area contributed by atoms with Gasteiger partial charge in [0.25, 0.3) is 5.91 Å². The van der Waals surface area contributed by atoms with Crippen molar-refractivity contribution in [1.29, 1.82) is 0 Å². The molecule has 7 nitrogen and oxygen atoms in total. The van der Waals surface area contributed by atoms with Crippen molar-refractivity contribution in [2.24, 2.45) is 0 Å². The number of hydrogen-bond acceptors (Lipinski definition) is 4. The molecule has 2 aromatic rings. The van der Waals surface area contributed by atoms with Crippen LogP contribution in [-0.2, 0) is 16.0 Å². The van der Waals surface area contributed by atoms with Crippen LogP contribution in [0.25, 0.3) is 0 Å². The van der Waals surface area contributed by atoms with Crippen molar-refractivity contribution in [2.75, 3.05) is 19.0 Å². The predicted octanol–water partition coefficient (Wildman–Crippen LogP) is 2.47. The summed E-state index contributed by atoms with van der Waals surface area (Å²) in [6.45, 7) is 0.0675. The second-order valence-corrected chi connectivity index (χ2v) is 5.87. The van der Waals surface area contributed by atoms with Crippen LogP contribution in [0.1, 0.15) is 28.8 Å². The van der Waals surface area contributed by atoms with Crippen LogP contribution in [-0.4, -0.2) is 36.5 Å². The minimum absolute atomic E-state index is 0.0675. The van der Waals surface area contributed by atoms with Crippen LogP contribution in [0.5, 0.6) is 5.75 Å². The molecule has 0 radical (unpaired) electrons. The Bertz CT molecular complexity index is 785. The molecule has 0 aliphatic rings. The van der Waals surface area contributed by atoms with E-state index in [1.165, 1.54) is 0 Å². The van der Waals surface area contributed by atoms with E-state index in [1.54, 1.807) is 31.4 Å². The highest BCUT2D eigenvalue weighted by molar-refractivity contribution is 5.96. The van der Waals surface area contributed by atoms with Gasteiger partial charge in [-0.2, -0.15) is 0 Å². The van der Waals surface area contributed by atoms with Gasteiger partial charge >= 0.3 is 5.97 Å². The normalized spacial score (nSPS) is 10.1. The number of nitrogens with one attached hydrogen (secondary N) is 2. The molecule has 0 aliphatic carbocycles. The molecule has 0 spiro atoms. The van der Waals surface area contributed by atoms with E-state index in [9.17, 15) is 14.4 Å². The standard InChI is InChI=1S/C20H22N2O5/c1-27-17-9-2-14(3-10-17)4-11-18(23)22-16-7-5-15(6-8-16)20(26)21-13-12-19(24)25/h2-3,5-10H,4,11-13H2,1H3,(H,21,26)(H,22,23)(H,24,25). The van der Waals surface area contributed by atoms with Gasteiger partial charge in [-0.1, -0.05) is 12.1 Å². The van der Waals surface area contributed by atoms with Crippen molar-refractivity contribution >= 4 is 23.5 Å². The number of carboxylic acids is 1. The monoisotopic (exact) mass is 370 g/mol. The molecule has 0 saturated heterocycles. The Morgan fingerprint density at radius 3 is 2.22 bits per heavy atom. The molecule has 0 heterocycles. The molecule has 7 heteroatoms. The van der Waals surface area contributed by atoms with E-state index in [-0.39, 0.29) is 24.8 Å². The lowest BCUT2D eigenvalue weighted by Crippen LogP contribution is -2.25. The smallest absolute Gasteiger partial charge is 0.305 e. The van der Waals surface area contributed by atoms with Gasteiger partial charge in [-0.3, -0.25) is 14.4 Å². The molecular formula is C20H22N2O5. The Morgan fingerprint density at radius 2 is 1.63 bits per heavy atom. The summed E-state index contributed by atoms with van der Waals surface area (Å²) < 4.78 is 5.10. The number of carbonyl (C=O) groups excluding carboxylic acids is 2. The molecule has 0 bridgehead atoms. The van der Waals surface area contributed by atoms with E-state index >= 15 is 0 Å². The summed E-state index contributed by atoms with van der Waals surface area (Å²) in [7, 11) is 1.60. The molecule has 0 saturated carbocycles. The number of carboxylic acid groups (broad SMARTS) is 1. The molecular weight excluding hydrogens is 348 g/mol.